The van der Waals surface area contributed by atoms with Crippen LogP contribution < -0.4 is 5.32 Å². The van der Waals surface area contributed by atoms with Crippen molar-refractivity contribution in [3.8, 4) is 0 Å². The Morgan fingerprint density at radius 2 is 1.84 bits per heavy atom. The SMILES string of the molecule is CCc1ccc(C(CC)NCc2ccc(Br)s2)cc1. The molecule has 0 saturated heterocycles. The van der Waals surface area contributed by atoms with E-state index in [2.05, 4.69) is 71.5 Å². The summed E-state index contributed by atoms with van der Waals surface area (Å²) in [6.07, 6.45) is 2.21. The summed E-state index contributed by atoms with van der Waals surface area (Å²) >= 11 is 5.30. The van der Waals surface area contributed by atoms with Gasteiger partial charge in [0.05, 0.1) is 3.79 Å². The molecule has 0 saturated carbocycles. The quantitative estimate of drug-likeness (QED) is 0.752. The largest absolute Gasteiger partial charge is 0.305 e. The first kappa shape index (κ1) is 14.8. The van der Waals surface area contributed by atoms with Gasteiger partial charge in [0.2, 0.25) is 0 Å². The summed E-state index contributed by atoms with van der Waals surface area (Å²) in [7, 11) is 0. The van der Waals surface area contributed by atoms with E-state index in [1.807, 2.05) is 0 Å². The average molecular weight is 338 g/mol. The van der Waals surface area contributed by atoms with Gasteiger partial charge in [-0.15, -0.1) is 11.3 Å². The summed E-state index contributed by atoms with van der Waals surface area (Å²) in [5.74, 6) is 0. The van der Waals surface area contributed by atoms with Crippen LogP contribution in [0.1, 0.15) is 42.3 Å². The Hall–Kier alpha value is -0.640. The van der Waals surface area contributed by atoms with Gasteiger partial charge in [-0.2, -0.15) is 0 Å². The van der Waals surface area contributed by atoms with Crippen molar-refractivity contribution in [1.82, 2.24) is 5.32 Å². The fourth-order valence-electron chi connectivity index (χ4n) is 2.15. The van der Waals surface area contributed by atoms with Gasteiger partial charge in [-0.25, -0.2) is 0 Å². The van der Waals surface area contributed by atoms with E-state index in [1.165, 1.54) is 19.8 Å². The van der Waals surface area contributed by atoms with Crippen molar-refractivity contribution in [3.05, 3.63) is 56.2 Å². The lowest BCUT2D eigenvalue weighted by Gasteiger charge is -2.17. The van der Waals surface area contributed by atoms with Crippen molar-refractivity contribution in [1.29, 1.82) is 0 Å². The first-order chi connectivity index (χ1) is 9.22. The second-order valence-electron chi connectivity index (χ2n) is 4.64. The molecule has 19 heavy (non-hydrogen) atoms. The number of hydrogen-bond donors (Lipinski definition) is 1. The Morgan fingerprint density at radius 1 is 1.11 bits per heavy atom. The summed E-state index contributed by atoms with van der Waals surface area (Å²) in [6, 6.07) is 13.7. The third kappa shape index (κ3) is 4.16. The second kappa shape index (κ2) is 7.22. The molecule has 2 aromatic rings. The highest BCUT2D eigenvalue weighted by Crippen LogP contribution is 2.23. The molecule has 1 unspecified atom stereocenters. The Kier molecular flexibility index (Phi) is 5.61. The molecule has 0 aliphatic carbocycles. The molecule has 102 valence electrons. The maximum absolute atomic E-state index is 3.64. The van der Waals surface area contributed by atoms with E-state index in [9.17, 15) is 0 Å². The van der Waals surface area contributed by atoms with Crippen LogP contribution in [0.15, 0.2) is 40.2 Å². The summed E-state index contributed by atoms with van der Waals surface area (Å²) in [6.45, 7) is 5.36. The van der Waals surface area contributed by atoms with E-state index in [4.69, 9.17) is 0 Å². The number of thiophene rings is 1. The first-order valence-electron chi connectivity index (χ1n) is 6.79. The van der Waals surface area contributed by atoms with Crippen LogP contribution in [0.3, 0.4) is 0 Å². The highest BCUT2D eigenvalue weighted by molar-refractivity contribution is 9.11. The molecule has 0 aliphatic rings. The first-order valence-corrected chi connectivity index (χ1v) is 8.40. The minimum Gasteiger partial charge on any atom is -0.305 e. The Labute approximate surface area is 128 Å². The average Bonchev–Trinajstić information content (AvgIpc) is 2.86. The van der Waals surface area contributed by atoms with E-state index in [0.717, 1.165) is 19.4 Å². The molecule has 0 bridgehead atoms. The molecule has 1 N–H and O–H groups in total. The smallest absolute Gasteiger partial charge is 0.0701 e. The minimum atomic E-state index is 0.437. The lowest BCUT2D eigenvalue weighted by Crippen LogP contribution is -2.19. The van der Waals surface area contributed by atoms with Gasteiger partial charge in [0.25, 0.3) is 0 Å². The van der Waals surface area contributed by atoms with Crippen LogP contribution >= 0.6 is 27.3 Å². The van der Waals surface area contributed by atoms with E-state index in [1.54, 1.807) is 11.3 Å². The van der Waals surface area contributed by atoms with Crippen LogP contribution in [0.5, 0.6) is 0 Å². The minimum absolute atomic E-state index is 0.437. The number of benzene rings is 1. The highest BCUT2D eigenvalue weighted by Gasteiger charge is 2.09. The summed E-state index contributed by atoms with van der Waals surface area (Å²) < 4.78 is 1.20. The van der Waals surface area contributed by atoms with E-state index in [-0.39, 0.29) is 0 Å². The van der Waals surface area contributed by atoms with Gasteiger partial charge in [-0.1, -0.05) is 38.1 Å². The highest BCUT2D eigenvalue weighted by atomic mass is 79.9. The predicted molar refractivity (Wildman–Crippen MR) is 87.7 cm³/mol. The van der Waals surface area contributed by atoms with Gasteiger partial charge < -0.3 is 5.32 Å². The molecular weight excluding hydrogens is 318 g/mol. The second-order valence-corrected chi connectivity index (χ2v) is 7.19. The van der Waals surface area contributed by atoms with Crippen molar-refractivity contribution >= 4 is 27.3 Å². The van der Waals surface area contributed by atoms with Crippen molar-refractivity contribution in [2.45, 2.75) is 39.3 Å². The van der Waals surface area contributed by atoms with Crippen LogP contribution in [-0.4, -0.2) is 0 Å². The van der Waals surface area contributed by atoms with Crippen LogP contribution in [-0.2, 0) is 13.0 Å². The van der Waals surface area contributed by atoms with Crippen molar-refractivity contribution in [2.24, 2.45) is 0 Å². The summed E-state index contributed by atoms with van der Waals surface area (Å²) in [4.78, 5) is 1.37. The Balaban J connectivity index is 1.98. The lowest BCUT2D eigenvalue weighted by molar-refractivity contribution is 0.522. The zero-order chi connectivity index (χ0) is 13.7. The number of aryl methyl sites for hydroxylation is 1. The molecule has 0 aliphatic heterocycles. The Morgan fingerprint density at radius 3 is 2.37 bits per heavy atom. The number of nitrogens with one attached hydrogen (secondary N) is 1. The molecule has 0 fully saturated rings. The summed E-state index contributed by atoms with van der Waals surface area (Å²) in [5.41, 5.74) is 2.79. The van der Waals surface area contributed by atoms with Crippen LogP contribution in [0.25, 0.3) is 0 Å². The third-order valence-corrected chi connectivity index (χ3v) is 4.97. The van der Waals surface area contributed by atoms with E-state index < -0.39 is 0 Å². The van der Waals surface area contributed by atoms with Crippen LogP contribution in [0.4, 0.5) is 0 Å². The molecule has 0 radical (unpaired) electrons. The number of rotatable bonds is 6. The standard InChI is InChI=1S/C16H20BrNS/c1-3-12-5-7-13(8-6-12)15(4-2)18-11-14-9-10-16(17)19-14/h5-10,15,18H,3-4,11H2,1-2H3. The monoisotopic (exact) mass is 337 g/mol. The fraction of sp³-hybridized carbons (Fsp3) is 0.375. The molecule has 3 heteroatoms. The molecule has 2 rings (SSSR count). The van der Waals surface area contributed by atoms with Crippen molar-refractivity contribution in [2.75, 3.05) is 0 Å². The van der Waals surface area contributed by atoms with Gasteiger partial charge in [0, 0.05) is 17.5 Å². The maximum Gasteiger partial charge on any atom is 0.0701 e. The third-order valence-electron chi connectivity index (χ3n) is 3.35. The van der Waals surface area contributed by atoms with Gasteiger partial charge in [-0.3, -0.25) is 0 Å². The molecule has 1 atom stereocenters. The fourth-order valence-corrected chi connectivity index (χ4v) is 3.59. The van der Waals surface area contributed by atoms with Gasteiger partial charge in [0.1, 0.15) is 0 Å². The zero-order valence-electron chi connectivity index (χ0n) is 11.4. The normalized spacial score (nSPS) is 12.6. The predicted octanol–water partition coefficient (Wildman–Crippen LogP) is 5.31. The molecule has 1 aromatic heterocycles. The van der Waals surface area contributed by atoms with E-state index in [0.29, 0.717) is 6.04 Å². The lowest BCUT2D eigenvalue weighted by atomic mass is 10.0. The molecular formula is C16H20BrNS. The van der Waals surface area contributed by atoms with Crippen molar-refractivity contribution in [3.63, 3.8) is 0 Å². The molecule has 1 nitrogen and oxygen atoms in total. The molecule has 0 amide bonds. The van der Waals surface area contributed by atoms with Crippen LogP contribution in [0.2, 0.25) is 0 Å². The van der Waals surface area contributed by atoms with E-state index >= 15 is 0 Å². The van der Waals surface area contributed by atoms with Crippen LogP contribution in [0, 0.1) is 0 Å². The molecule has 1 aromatic carbocycles. The molecule has 1 heterocycles. The van der Waals surface area contributed by atoms with Gasteiger partial charge in [0.15, 0.2) is 0 Å². The molecule has 0 spiro atoms. The summed E-state index contributed by atoms with van der Waals surface area (Å²) in [5, 5.41) is 3.64. The Bertz CT molecular complexity index is 504. The zero-order valence-corrected chi connectivity index (χ0v) is 13.9. The number of halogens is 1. The maximum atomic E-state index is 3.64. The van der Waals surface area contributed by atoms with Gasteiger partial charge in [-0.05, 0) is 52.0 Å². The van der Waals surface area contributed by atoms with Gasteiger partial charge >= 0.3 is 0 Å². The topological polar surface area (TPSA) is 12.0 Å². The van der Waals surface area contributed by atoms with Crippen molar-refractivity contribution < 1.29 is 0 Å². The number of hydrogen-bond acceptors (Lipinski definition) is 2.